The van der Waals surface area contributed by atoms with Crippen molar-refractivity contribution < 1.29 is 0 Å². The number of nitrogens with two attached hydrogens (primary N) is 1. The second kappa shape index (κ2) is 4.40. The maximum absolute atomic E-state index is 6.05. The van der Waals surface area contributed by atoms with Gasteiger partial charge in [0.1, 0.15) is 0 Å². The van der Waals surface area contributed by atoms with Crippen molar-refractivity contribution in [2.24, 2.45) is 10.7 Å². The molecule has 1 aliphatic heterocycles. The predicted octanol–water partition coefficient (Wildman–Crippen LogP) is 2.69. The summed E-state index contributed by atoms with van der Waals surface area (Å²) >= 11 is 0. The average molecular weight is 231 g/mol. The number of aryl methyl sites for hydroxylation is 1. The van der Waals surface area contributed by atoms with Crippen LogP contribution < -0.4 is 10.6 Å². The van der Waals surface area contributed by atoms with Crippen molar-refractivity contribution >= 4 is 11.6 Å². The summed E-state index contributed by atoms with van der Waals surface area (Å²) in [5, 5.41) is 0. The Balaban J connectivity index is 2.40. The first-order valence-electron chi connectivity index (χ1n) is 6.30. The summed E-state index contributed by atoms with van der Waals surface area (Å²) in [6.07, 6.45) is 2.11. The molecule has 3 nitrogen and oxygen atoms in total. The summed E-state index contributed by atoms with van der Waals surface area (Å²) in [5.41, 5.74) is 8.54. The molecule has 0 amide bonds. The predicted molar refractivity (Wildman–Crippen MR) is 73.5 cm³/mol. The van der Waals surface area contributed by atoms with Crippen LogP contribution >= 0.6 is 0 Å². The van der Waals surface area contributed by atoms with Crippen molar-refractivity contribution in [2.45, 2.75) is 39.2 Å². The summed E-state index contributed by atoms with van der Waals surface area (Å²) in [6, 6.07) is 8.50. The van der Waals surface area contributed by atoms with E-state index in [2.05, 4.69) is 54.9 Å². The van der Waals surface area contributed by atoms with E-state index in [4.69, 9.17) is 5.73 Å². The van der Waals surface area contributed by atoms with Gasteiger partial charge in [-0.1, -0.05) is 31.5 Å². The van der Waals surface area contributed by atoms with Crippen LogP contribution in [0.1, 0.15) is 32.3 Å². The standard InChI is InChI=1S/C14H21N3/c1-4-14(5-2)10-16-13(15)17(14)12-8-6-11(3)7-9-12/h6-9H,4-5,10H2,1-3H3,(H2,15,16). The number of aliphatic imine (C=N–C) groups is 1. The smallest absolute Gasteiger partial charge is 0.196 e. The number of guanidine groups is 1. The van der Waals surface area contributed by atoms with Crippen LogP contribution in [0.15, 0.2) is 29.3 Å². The first kappa shape index (κ1) is 12.0. The van der Waals surface area contributed by atoms with Crippen LogP contribution in [-0.4, -0.2) is 18.0 Å². The topological polar surface area (TPSA) is 41.6 Å². The lowest BCUT2D eigenvalue weighted by Crippen LogP contribution is -2.51. The van der Waals surface area contributed by atoms with Crippen LogP contribution in [0, 0.1) is 6.92 Å². The van der Waals surface area contributed by atoms with Gasteiger partial charge in [-0.25, -0.2) is 0 Å². The molecule has 0 saturated heterocycles. The maximum Gasteiger partial charge on any atom is 0.196 e. The molecule has 0 aliphatic carbocycles. The molecule has 0 bridgehead atoms. The quantitative estimate of drug-likeness (QED) is 0.869. The van der Waals surface area contributed by atoms with Gasteiger partial charge in [-0.15, -0.1) is 0 Å². The summed E-state index contributed by atoms with van der Waals surface area (Å²) in [5.74, 6) is 0.651. The van der Waals surface area contributed by atoms with E-state index in [1.54, 1.807) is 0 Å². The largest absolute Gasteiger partial charge is 0.369 e. The third kappa shape index (κ3) is 1.90. The first-order valence-corrected chi connectivity index (χ1v) is 6.30. The first-order chi connectivity index (χ1) is 8.13. The van der Waals surface area contributed by atoms with Gasteiger partial charge < -0.3 is 10.6 Å². The van der Waals surface area contributed by atoms with Gasteiger partial charge in [-0.05, 0) is 31.9 Å². The Labute approximate surface area is 103 Å². The van der Waals surface area contributed by atoms with E-state index in [0.29, 0.717) is 5.96 Å². The third-order valence-corrected chi connectivity index (χ3v) is 3.85. The van der Waals surface area contributed by atoms with E-state index in [-0.39, 0.29) is 5.54 Å². The molecular formula is C14H21N3. The Kier molecular flexibility index (Phi) is 3.09. The van der Waals surface area contributed by atoms with Gasteiger partial charge >= 0.3 is 0 Å². The Morgan fingerprint density at radius 3 is 2.35 bits per heavy atom. The fraction of sp³-hybridized carbons (Fsp3) is 0.500. The molecule has 0 saturated carbocycles. The molecule has 0 radical (unpaired) electrons. The monoisotopic (exact) mass is 231 g/mol. The van der Waals surface area contributed by atoms with E-state index >= 15 is 0 Å². The summed E-state index contributed by atoms with van der Waals surface area (Å²) in [4.78, 5) is 6.63. The minimum Gasteiger partial charge on any atom is -0.369 e. The molecule has 1 aromatic rings. The molecule has 1 aromatic carbocycles. The fourth-order valence-electron chi connectivity index (χ4n) is 2.50. The van der Waals surface area contributed by atoms with Crippen LogP contribution in [0.4, 0.5) is 5.69 Å². The molecule has 0 unspecified atom stereocenters. The molecule has 2 rings (SSSR count). The highest BCUT2D eigenvalue weighted by molar-refractivity contribution is 5.98. The Hall–Kier alpha value is -1.51. The van der Waals surface area contributed by atoms with E-state index < -0.39 is 0 Å². The lowest BCUT2D eigenvalue weighted by atomic mass is 9.91. The van der Waals surface area contributed by atoms with Crippen LogP contribution in [0.3, 0.4) is 0 Å². The van der Waals surface area contributed by atoms with Gasteiger partial charge in [-0.2, -0.15) is 0 Å². The van der Waals surface area contributed by atoms with Crippen molar-refractivity contribution in [3.8, 4) is 0 Å². The molecule has 2 N–H and O–H groups in total. The molecular weight excluding hydrogens is 210 g/mol. The Bertz CT molecular complexity index is 416. The zero-order chi connectivity index (χ0) is 12.5. The lowest BCUT2D eigenvalue weighted by Gasteiger charge is -2.38. The zero-order valence-electron chi connectivity index (χ0n) is 10.9. The molecule has 0 fully saturated rings. The van der Waals surface area contributed by atoms with Crippen LogP contribution in [-0.2, 0) is 0 Å². The minimum atomic E-state index is 0.0688. The maximum atomic E-state index is 6.05. The van der Waals surface area contributed by atoms with Crippen molar-refractivity contribution in [3.05, 3.63) is 29.8 Å². The molecule has 0 aromatic heterocycles. The van der Waals surface area contributed by atoms with Crippen molar-refractivity contribution in [3.63, 3.8) is 0 Å². The number of hydrogen-bond acceptors (Lipinski definition) is 3. The second-order valence-electron chi connectivity index (χ2n) is 4.78. The Morgan fingerprint density at radius 1 is 1.24 bits per heavy atom. The second-order valence-corrected chi connectivity index (χ2v) is 4.78. The van der Waals surface area contributed by atoms with E-state index in [0.717, 1.165) is 25.1 Å². The van der Waals surface area contributed by atoms with Gasteiger partial charge in [0.25, 0.3) is 0 Å². The molecule has 1 heterocycles. The number of hydrogen-bond donors (Lipinski definition) is 1. The highest BCUT2D eigenvalue weighted by Gasteiger charge is 2.39. The van der Waals surface area contributed by atoms with E-state index in [1.807, 2.05) is 0 Å². The van der Waals surface area contributed by atoms with Gasteiger partial charge in [0, 0.05) is 5.69 Å². The molecule has 0 atom stereocenters. The van der Waals surface area contributed by atoms with Crippen LogP contribution in [0.5, 0.6) is 0 Å². The molecule has 92 valence electrons. The van der Waals surface area contributed by atoms with Crippen molar-refractivity contribution in [1.82, 2.24) is 0 Å². The van der Waals surface area contributed by atoms with Gasteiger partial charge in [-0.3, -0.25) is 4.99 Å². The fourth-order valence-corrected chi connectivity index (χ4v) is 2.50. The van der Waals surface area contributed by atoms with Gasteiger partial charge in [0.2, 0.25) is 0 Å². The number of nitrogens with zero attached hydrogens (tertiary/aromatic N) is 2. The number of benzene rings is 1. The highest BCUT2D eigenvalue weighted by Crippen LogP contribution is 2.33. The summed E-state index contributed by atoms with van der Waals surface area (Å²) in [6.45, 7) is 7.31. The number of rotatable bonds is 3. The molecule has 3 heteroatoms. The van der Waals surface area contributed by atoms with Crippen LogP contribution in [0.25, 0.3) is 0 Å². The van der Waals surface area contributed by atoms with E-state index in [1.165, 1.54) is 5.56 Å². The summed E-state index contributed by atoms with van der Waals surface area (Å²) in [7, 11) is 0. The lowest BCUT2D eigenvalue weighted by molar-refractivity contribution is 0.426. The van der Waals surface area contributed by atoms with Crippen molar-refractivity contribution in [2.75, 3.05) is 11.4 Å². The molecule has 1 aliphatic rings. The normalized spacial score (nSPS) is 18.3. The number of anilines is 1. The highest BCUT2D eigenvalue weighted by atomic mass is 15.4. The third-order valence-electron chi connectivity index (χ3n) is 3.85. The minimum absolute atomic E-state index is 0.0688. The summed E-state index contributed by atoms with van der Waals surface area (Å²) < 4.78 is 0. The van der Waals surface area contributed by atoms with E-state index in [9.17, 15) is 0 Å². The van der Waals surface area contributed by atoms with Crippen molar-refractivity contribution in [1.29, 1.82) is 0 Å². The SMILES string of the molecule is CCC1(CC)CN=C(N)N1c1ccc(C)cc1. The van der Waals surface area contributed by atoms with Gasteiger partial charge in [0.15, 0.2) is 5.96 Å². The Morgan fingerprint density at radius 2 is 1.82 bits per heavy atom. The van der Waals surface area contributed by atoms with Gasteiger partial charge in [0.05, 0.1) is 12.1 Å². The average Bonchev–Trinajstić information content (AvgIpc) is 2.68. The molecule has 17 heavy (non-hydrogen) atoms. The zero-order valence-corrected chi connectivity index (χ0v) is 10.9. The molecule has 0 spiro atoms. The van der Waals surface area contributed by atoms with Crippen LogP contribution in [0.2, 0.25) is 0 Å².